The van der Waals surface area contributed by atoms with E-state index in [9.17, 15) is 29.7 Å². The van der Waals surface area contributed by atoms with Gasteiger partial charge in [-0.2, -0.15) is 0 Å². The number of nitrogens with one attached hydrogen (secondary N) is 3. The molecule has 3 amide bonds. The number of phenols is 3. The van der Waals surface area contributed by atoms with Gasteiger partial charge in [-0.15, -0.1) is 0 Å². The molecule has 6 rings (SSSR count). The summed E-state index contributed by atoms with van der Waals surface area (Å²) in [5, 5.41) is 38.9. The zero-order valence-corrected chi connectivity index (χ0v) is 31.3. The number of amides is 3. The second kappa shape index (κ2) is 19.9. The first-order chi connectivity index (χ1) is 28.3. The number of para-hydroxylation sites is 9. The van der Waals surface area contributed by atoms with Crippen molar-refractivity contribution in [2.45, 2.75) is 0 Å². The van der Waals surface area contributed by atoms with E-state index < -0.39 is 17.7 Å². The predicted octanol–water partition coefficient (Wildman–Crippen LogP) is 7.40. The number of rotatable bonds is 18. The third-order valence-electron chi connectivity index (χ3n) is 8.85. The third-order valence-corrected chi connectivity index (χ3v) is 8.85. The minimum Gasteiger partial charge on any atom is -0.507 e. The number of benzene rings is 6. The van der Waals surface area contributed by atoms with E-state index >= 15 is 0 Å². The van der Waals surface area contributed by atoms with Crippen molar-refractivity contribution in [2.24, 2.45) is 0 Å². The molecule has 0 fully saturated rings. The highest BCUT2D eigenvalue weighted by molar-refractivity contribution is 6.08. The topological polar surface area (TPSA) is 179 Å². The lowest BCUT2D eigenvalue weighted by molar-refractivity contribution is 0.101. The van der Waals surface area contributed by atoms with Gasteiger partial charge in [0.2, 0.25) is 0 Å². The Balaban J connectivity index is 1.11. The molecular formula is C45H42N4O9. The molecule has 13 heteroatoms. The van der Waals surface area contributed by atoms with Crippen LogP contribution in [0.4, 0.5) is 17.1 Å². The third kappa shape index (κ3) is 10.8. The van der Waals surface area contributed by atoms with Gasteiger partial charge in [-0.1, -0.05) is 72.8 Å². The Morgan fingerprint density at radius 1 is 0.397 bits per heavy atom. The van der Waals surface area contributed by atoms with Gasteiger partial charge in [0.05, 0.1) is 33.8 Å². The Hall–Kier alpha value is -7.51. The number of hydrogen-bond acceptors (Lipinski definition) is 10. The molecule has 0 atom stereocenters. The van der Waals surface area contributed by atoms with Crippen molar-refractivity contribution in [3.63, 3.8) is 0 Å². The van der Waals surface area contributed by atoms with Crippen LogP contribution in [-0.2, 0) is 0 Å². The molecule has 0 saturated heterocycles. The minimum absolute atomic E-state index is 0.127. The summed E-state index contributed by atoms with van der Waals surface area (Å²) in [6.07, 6.45) is 0. The number of aromatic hydroxyl groups is 3. The molecule has 0 unspecified atom stereocenters. The van der Waals surface area contributed by atoms with Gasteiger partial charge in [0, 0.05) is 19.6 Å². The summed E-state index contributed by atoms with van der Waals surface area (Å²) in [5.74, 6) is -0.582. The fourth-order valence-corrected chi connectivity index (χ4v) is 5.84. The van der Waals surface area contributed by atoms with E-state index in [0.29, 0.717) is 53.9 Å². The van der Waals surface area contributed by atoms with Crippen LogP contribution >= 0.6 is 0 Å². The maximum atomic E-state index is 12.9. The molecule has 0 aliphatic heterocycles. The maximum absolute atomic E-state index is 12.9. The smallest absolute Gasteiger partial charge is 0.259 e. The van der Waals surface area contributed by atoms with E-state index in [2.05, 4.69) is 20.9 Å². The molecule has 0 aromatic heterocycles. The second-order valence-corrected chi connectivity index (χ2v) is 12.8. The van der Waals surface area contributed by atoms with Crippen LogP contribution in [0.25, 0.3) is 0 Å². The molecule has 0 saturated carbocycles. The highest BCUT2D eigenvalue weighted by Gasteiger charge is 2.17. The van der Waals surface area contributed by atoms with Gasteiger partial charge >= 0.3 is 0 Å². The summed E-state index contributed by atoms with van der Waals surface area (Å²) in [7, 11) is 0. The van der Waals surface area contributed by atoms with Crippen LogP contribution in [0.2, 0.25) is 0 Å². The molecule has 0 heterocycles. The summed E-state index contributed by atoms with van der Waals surface area (Å²) in [6, 6.07) is 39.8. The molecule has 0 bridgehead atoms. The minimum atomic E-state index is -0.487. The Morgan fingerprint density at radius 2 is 0.655 bits per heavy atom. The fraction of sp³-hybridized carbons (Fsp3) is 0.133. The van der Waals surface area contributed by atoms with Crippen LogP contribution in [0.1, 0.15) is 31.1 Å². The molecular weight excluding hydrogens is 741 g/mol. The van der Waals surface area contributed by atoms with E-state index in [1.165, 1.54) is 36.4 Å². The van der Waals surface area contributed by atoms with Gasteiger partial charge in [0.15, 0.2) is 0 Å². The van der Waals surface area contributed by atoms with Crippen LogP contribution in [0.15, 0.2) is 146 Å². The molecule has 0 aliphatic carbocycles. The van der Waals surface area contributed by atoms with Crippen molar-refractivity contribution in [1.82, 2.24) is 4.90 Å². The zero-order valence-electron chi connectivity index (χ0n) is 31.3. The number of ether oxygens (including phenoxy) is 3. The summed E-state index contributed by atoms with van der Waals surface area (Å²) < 4.78 is 18.5. The standard InChI is InChI=1S/C45H42N4O9/c50-37-19-7-1-13-31(37)43(53)46-34-16-4-10-22-40(34)56-28-25-49(26-29-57-41-23-11-5-17-35(41)47-44(54)32-14-2-8-20-38(32)51)27-30-58-42-24-12-6-18-36(42)48-45(55)33-15-3-9-21-39(33)52/h1-24,50-52H,25-30H2,(H,46,53)(H,47,54)(H,48,55). The van der Waals surface area contributed by atoms with Crippen molar-refractivity contribution in [3.8, 4) is 34.5 Å². The Morgan fingerprint density at radius 3 is 0.948 bits per heavy atom. The van der Waals surface area contributed by atoms with E-state index in [4.69, 9.17) is 14.2 Å². The zero-order chi connectivity index (χ0) is 40.7. The maximum Gasteiger partial charge on any atom is 0.259 e. The van der Waals surface area contributed by atoms with Gasteiger partial charge in [0.1, 0.15) is 54.3 Å². The number of phenolic OH excluding ortho intramolecular Hbond substituents is 3. The number of carbonyl (C=O) groups is 3. The number of nitrogens with zero attached hydrogens (tertiary/aromatic N) is 1. The quantitative estimate of drug-likeness (QED) is 0.0515. The number of hydrogen-bond donors (Lipinski definition) is 6. The number of anilines is 3. The predicted molar refractivity (Wildman–Crippen MR) is 220 cm³/mol. The lowest BCUT2D eigenvalue weighted by Crippen LogP contribution is -2.35. The summed E-state index contributed by atoms with van der Waals surface area (Å²) in [4.78, 5) is 40.9. The van der Waals surface area contributed by atoms with Crippen LogP contribution in [0, 0.1) is 0 Å². The van der Waals surface area contributed by atoms with Crippen molar-refractivity contribution in [1.29, 1.82) is 0 Å². The molecule has 6 N–H and O–H groups in total. The van der Waals surface area contributed by atoms with Gasteiger partial charge < -0.3 is 45.5 Å². The van der Waals surface area contributed by atoms with Crippen LogP contribution < -0.4 is 30.2 Å². The van der Waals surface area contributed by atoms with E-state index in [0.717, 1.165) is 0 Å². The van der Waals surface area contributed by atoms with Crippen molar-refractivity contribution in [2.75, 3.05) is 55.4 Å². The Bertz CT molecular complexity index is 2090. The average molecular weight is 783 g/mol. The van der Waals surface area contributed by atoms with Gasteiger partial charge in [-0.05, 0) is 72.8 Å². The van der Waals surface area contributed by atoms with Crippen LogP contribution in [0.3, 0.4) is 0 Å². The van der Waals surface area contributed by atoms with Crippen molar-refractivity contribution < 1.29 is 43.9 Å². The summed E-state index contributed by atoms with van der Waals surface area (Å²) in [5.41, 5.74) is 1.67. The highest BCUT2D eigenvalue weighted by Crippen LogP contribution is 2.29. The SMILES string of the molecule is O=C(Nc1ccccc1OCCN(CCOc1ccccc1NC(=O)c1ccccc1O)CCOc1ccccc1NC(=O)c1ccccc1O)c1ccccc1O. The highest BCUT2D eigenvalue weighted by atomic mass is 16.5. The number of carbonyl (C=O) groups excluding carboxylic acids is 3. The molecule has 13 nitrogen and oxygen atoms in total. The first-order valence-electron chi connectivity index (χ1n) is 18.4. The van der Waals surface area contributed by atoms with E-state index in [1.807, 2.05) is 0 Å². The molecule has 0 aliphatic rings. The summed E-state index contributed by atoms with van der Waals surface area (Å²) >= 11 is 0. The second-order valence-electron chi connectivity index (χ2n) is 12.8. The molecule has 58 heavy (non-hydrogen) atoms. The largest absolute Gasteiger partial charge is 0.507 e. The van der Waals surface area contributed by atoms with Gasteiger partial charge in [-0.3, -0.25) is 19.3 Å². The van der Waals surface area contributed by atoms with Crippen molar-refractivity contribution >= 4 is 34.8 Å². The first kappa shape index (κ1) is 40.2. The molecule has 6 aromatic rings. The first-order valence-corrected chi connectivity index (χ1v) is 18.4. The van der Waals surface area contributed by atoms with Crippen LogP contribution in [0.5, 0.6) is 34.5 Å². The fourth-order valence-electron chi connectivity index (χ4n) is 5.84. The molecule has 6 aromatic carbocycles. The Labute approximate surface area is 335 Å². The molecule has 0 radical (unpaired) electrons. The van der Waals surface area contributed by atoms with E-state index in [-0.39, 0.29) is 53.8 Å². The normalized spacial score (nSPS) is 10.7. The average Bonchev–Trinajstić information content (AvgIpc) is 3.23. The van der Waals surface area contributed by atoms with Gasteiger partial charge in [0.25, 0.3) is 17.7 Å². The molecule has 296 valence electrons. The lowest BCUT2D eigenvalue weighted by Gasteiger charge is -2.24. The Kier molecular flexibility index (Phi) is 13.8. The lowest BCUT2D eigenvalue weighted by atomic mass is 10.2. The van der Waals surface area contributed by atoms with Gasteiger partial charge in [-0.25, -0.2) is 0 Å². The summed E-state index contributed by atoms with van der Waals surface area (Å²) in [6.45, 7) is 1.86. The van der Waals surface area contributed by atoms with E-state index in [1.54, 1.807) is 109 Å². The van der Waals surface area contributed by atoms with Crippen LogP contribution in [-0.4, -0.2) is 77.4 Å². The monoisotopic (exact) mass is 782 g/mol. The van der Waals surface area contributed by atoms with Crippen molar-refractivity contribution in [3.05, 3.63) is 162 Å². The molecule has 0 spiro atoms.